The molecule has 59 heavy (non-hydrogen) atoms. The quantitative estimate of drug-likeness (QED) is 0.0805. The van der Waals surface area contributed by atoms with Crippen molar-refractivity contribution >= 4 is 23.3 Å². The van der Waals surface area contributed by atoms with Crippen LogP contribution < -0.4 is 40.7 Å². The molecule has 18 heteroatoms. The van der Waals surface area contributed by atoms with Gasteiger partial charge in [0.25, 0.3) is 0 Å². The van der Waals surface area contributed by atoms with Crippen molar-refractivity contribution in [2.75, 3.05) is 29.8 Å². The molecule has 0 spiro atoms. The van der Waals surface area contributed by atoms with Crippen LogP contribution in [0.4, 0.5) is 23.3 Å². The van der Waals surface area contributed by atoms with E-state index in [0.717, 1.165) is 36.8 Å². The fourth-order valence-corrected chi connectivity index (χ4v) is 7.08. The lowest BCUT2D eigenvalue weighted by atomic mass is 9.89. The average Bonchev–Trinajstić information content (AvgIpc) is 3.87. The van der Waals surface area contributed by atoms with Crippen molar-refractivity contribution in [3.8, 4) is 57.7 Å². The maximum atomic E-state index is 9.20. The van der Waals surface area contributed by atoms with Crippen molar-refractivity contribution in [3.05, 3.63) is 84.7 Å². The molecule has 2 aliphatic rings. The minimum atomic E-state index is -0.120. The van der Waals surface area contributed by atoms with Crippen LogP contribution in [-0.4, -0.2) is 78.0 Å². The molecule has 300 valence electrons. The number of nitrogens with one attached hydrogen (secondary N) is 4. The number of anilines is 4. The van der Waals surface area contributed by atoms with Crippen molar-refractivity contribution in [1.82, 2.24) is 40.0 Å². The van der Waals surface area contributed by atoms with Crippen LogP contribution in [0.25, 0.3) is 22.5 Å². The van der Waals surface area contributed by atoms with Crippen LogP contribution in [0.1, 0.15) is 56.8 Å². The van der Waals surface area contributed by atoms with Crippen molar-refractivity contribution < 1.29 is 18.9 Å². The third kappa shape index (κ3) is 8.78. The molecule has 0 amide bonds. The highest BCUT2D eigenvalue weighted by Crippen LogP contribution is 2.43. The highest BCUT2D eigenvalue weighted by Gasteiger charge is 2.34. The number of rotatable bonds is 15. The van der Waals surface area contributed by atoms with Crippen LogP contribution in [0, 0.1) is 22.7 Å². The summed E-state index contributed by atoms with van der Waals surface area (Å²) in [5.41, 5.74) is 13.1. The van der Waals surface area contributed by atoms with Crippen molar-refractivity contribution in [2.45, 2.75) is 69.7 Å². The second-order valence-electron chi connectivity index (χ2n) is 14.1. The van der Waals surface area contributed by atoms with E-state index >= 15 is 0 Å². The summed E-state index contributed by atoms with van der Waals surface area (Å²) in [5.74, 6) is 4.47. The lowest BCUT2D eigenvalue weighted by molar-refractivity contribution is 0.103. The van der Waals surface area contributed by atoms with Gasteiger partial charge in [0, 0.05) is 31.0 Å². The molecule has 2 aromatic carbocycles. The fourth-order valence-electron chi connectivity index (χ4n) is 7.08. The topological polar surface area (TPSA) is 245 Å². The van der Waals surface area contributed by atoms with Crippen LogP contribution in [0.15, 0.2) is 73.3 Å². The summed E-state index contributed by atoms with van der Waals surface area (Å²) in [7, 11) is 1.63. The molecule has 6 N–H and O–H groups in total. The minimum absolute atomic E-state index is 0.00451. The number of benzene rings is 2. The maximum absolute atomic E-state index is 9.20. The number of nitrogens with zero attached hydrogens (tertiary/aromatic N) is 9. The first-order valence-corrected chi connectivity index (χ1v) is 19.3. The Labute approximate surface area is 339 Å². The zero-order valence-corrected chi connectivity index (χ0v) is 32.4. The van der Waals surface area contributed by atoms with Gasteiger partial charge in [0.2, 0.25) is 0 Å². The van der Waals surface area contributed by atoms with Gasteiger partial charge in [-0.15, -0.1) is 5.10 Å². The zero-order valence-electron chi connectivity index (χ0n) is 32.4. The van der Waals surface area contributed by atoms with Crippen LogP contribution in [0.5, 0.6) is 23.0 Å². The molecule has 8 rings (SSSR count). The number of ether oxygens (including phenoxy) is 4. The van der Waals surface area contributed by atoms with Gasteiger partial charge in [0.05, 0.1) is 67.5 Å². The van der Waals surface area contributed by atoms with E-state index in [4.69, 9.17) is 35.0 Å². The third-order valence-corrected chi connectivity index (χ3v) is 10.1. The number of H-pyrrole nitrogens is 1. The summed E-state index contributed by atoms with van der Waals surface area (Å²) in [6.07, 6.45) is 10.5. The van der Waals surface area contributed by atoms with Crippen LogP contribution >= 0.6 is 0 Å². The largest absolute Gasteiger partial charge is 0.496 e. The Hall–Kier alpha value is -7.44. The van der Waals surface area contributed by atoms with E-state index in [1.165, 1.54) is 24.8 Å². The summed E-state index contributed by atoms with van der Waals surface area (Å²) in [6.45, 7) is 2.39. The first-order valence-electron chi connectivity index (χ1n) is 19.3. The third-order valence-electron chi connectivity index (χ3n) is 10.1. The number of hydrogen-bond acceptors (Lipinski definition) is 16. The van der Waals surface area contributed by atoms with Crippen LogP contribution in [0.3, 0.4) is 0 Å². The molecule has 0 radical (unpaired) electrons. The Balaban J connectivity index is 1.02. The predicted molar refractivity (Wildman–Crippen MR) is 217 cm³/mol. The Morgan fingerprint density at radius 2 is 1.39 bits per heavy atom. The van der Waals surface area contributed by atoms with E-state index in [-0.39, 0.29) is 35.7 Å². The van der Waals surface area contributed by atoms with Gasteiger partial charge in [-0.1, -0.05) is 12.1 Å². The van der Waals surface area contributed by atoms with Crippen molar-refractivity contribution in [1.29, 1.82) is 10.5 Å². The molecule has 18 nitrogen and oxygen atoms in total. The molecule has 0 bridgehead atoms. The molecule has 4 aromatic heterocycles. The van der Waals surface area contributed by atoms with Gasteiger partial charge in [0.15, 0.2) is 23.0 Å². The van der Waals surface area contributed by atoms with Crippen molar-refractivity contribution in [3.63, 3.8) is 0 Å². The number of aromatic nitrogens is 8. The zero-order chi connectivity index (χ0) is 40.7. The van der Waals surface area contributed by atoms with Gasteiger partial charge >= 0.3 is 0 Å². The Kier molecular flexibility index (Phi) is 11.3. The van der Waals surface area contributed by atoms with Gasteiger partial charge in [-0.3, -0.25) is 5.10 Å². The molecular formula is C41H42N14O4. The Morgan fingerprint density at radius 3 is 2.02 bits per heavy atom. The van der Waals surface area contributed by atoms with E-state index in [1.54, 1.807) is 11.9 Å². The summed E-state index contributed by atoms with van der Waals surface area (Å²) >= 11 is 0. The second kappa shape index (κ2) is 17.4. The number of aromatic amines is 1. The van der Waals surface area contributed by atoms with Gasteiger partial charge in [0.1, 0.15) is 58.6 Å². The summed E-state index contributed by atoms with van der Waals surface area (Å²) in [4.78, 5) is 18.5. The fraction of sp³-hybridized carbons (Fsp3) is 0.317. The van der Waals surface area contributed by atoms with E-state index in [0.29, 0.717) is 77.1 Å². The van der Waals surface area contributed by atoms with E-state index in [1.807, 2.05) is 67.6 Å². The molecule has 4 heterocycles. The smallest absolute Gasteiger partial charge is 0.158 e. The number of nitrogens with two attached hydrogens (primary N) is 1. The van der Waals surface area contributed by atoms with E-state index < -0.39 is 0 Å². The van der Waals surface area contributed by atoms with E-state index in [9.17, 15) is 5.26 Å². The molecule has 2 fully saturated rings. The standard InChI is InChI=1S/C41H42N14O4/c1-3-57-33-7-5-8-34(40(33)30-16-36(52-51-30)49-38-22-45-26(18-42)20-47-38)59-29-14-25(15-29)53-55-31(17-37(54-55)50-39-23-46-27(19-43)21-48-39)41-32(56-2)6-4-9-35(41)58-28-12-10-24(44)11-13-28/h4-9,16-17,20-25,28-29,53H,3,10-15,44H2,1-2H3,(H,48,50,54)(H2,47,49,51,52)/t24-,25-,28+,29-. The SMILES string of the molecule is CCOc1cccc(O[C@H]2C[C@H](Nn3nc(Nc4cnc(C#N)cn4)cc3-c3c(OC)cccc3O[C@H]3CC[C@@H](N)CC3)C2)c1-c1cc(Nc2cnc(C#N)cn2)n[nH]1. The molecule has 0 unspecified atom stereocenters. The van der Waals surface area contributed by atoms with Gasteiger partial charge in [-0.2, -0.15) is 20.4 Å². The van der Waals surface area contributed by atoms with Crippen LogP contribution in [0.2, 0.25) is 0 Å². The van der Waals surface area contributed by atoms with Crippen molar-refractivity contribution in [2.24, 2.45) is 5.73 Å². The Bertz CT molecular complexity index is 2460. The average molecular weight is 795 g/mol. The molecule has 2 aliphatic carbocycles. The summed E-state index contributed by atoms with van der Waals surface area (Å²) in [6, 6.07) is 19.3. The number of hydrogen-bond donors (Lipinski definition) is 5. The molecule has 0 saturated heterocycles. The lowest BCUT2D eigenvalue weighted by Crippen LogP contribution is -2.46. The van der Waals surface area contributed by atoms with E-state index in [2.05, 4.69) is 46.2 Å². The normalized spacial score (nSPS) is 18.4. The highest BCUT2D eigenvalue weighted by molar-refractivity contribution is 5.78. The molecular weight excluding hydrogens is 753 g/mol. The highest BCUT2D eigenvalue weighted by atomic mass is 16.5. The first kappa shape index (κ1) is 38.4. The second-order valence-corrected chi connectivity index (χ2v) is 14.1. The first-order chi connectivity index (χ1) is 28.9. The molecule has 6 aromatic rings. The molecule has 0 atom stereocenters. The van der Waals surface area contributed by atoms with Gasteiger partial charge < -0.3 is 40.7 Å². The Morgan fingerprint density at radius 1 is 0.763 bits per heavy atom. The number of methoxy groups -OCH3 is 1. The van der Waals surface area contributed by atoms with Gasteiger partial charge in [-0.25, -0.2) is 19.9 Å². The lowest BCUT2D eigenvalue weighted by Gasteiger charge is -2.37. The molecule has 0 aliphatic heterocycles. The number of nitriles is 2. The maximum Gasteiger partial charge on any atom is 0.158 e. The minimum Gasteiger partial charge on any atom is -0.496 e. The summed E-state index contributed by atoms with van der Waals surface area (Å²) < 4.78 is 25.2. The predicted octanol–water partition coefficient (Wildman–Crippen LogP) is 5.96. The van der Waals surface area contributed by atoms with Gasteiger partial charge in [-0.05, 0) is 56.9 Å². The van der Waals surface area contributed by atoms with Crippen LogP contribution in [-0.2, 0) is 0 Å². The monoisotopic (exact) mass is 794 g/mol. The molecule has 2 saturated carbocycles. The summed E-state index contributed by atoms with van der Waals surface area (Å²) in [5, 5.41) is 37.0.